The molecule has 0 aliphatic carbocycles. The summed E-state index contributed by atoms with van der Waals surface area (Å²) in [5, 5.41) is 6.30. The molecule has 0 fully saturated rings. The molecule has 2 aromatic rings. The van der Waals surface area contributed by atoms with E-state index in [1.165, 1.54) is 18.2 Å². The van der Waals surface area contributed by atoms with Crippen molar-refractivity contribution in [3.63, 3.8) is 0 Å². The van der Waals surface area contributed by atoms with Gasteiger partial charge in [-0.3, -0.25) is 4.99 Å². The van der Waals surface area contributed by atoms with Gasteiger partial charge >= 0.3 is 0 Å². The molecule has 6 heteroatoms. The summed E-state index contributed by atoms with van der Waals surface area (Å²) in [5.41, 5.74) is 1.53. The van der Waals surface area contributed by atoms with Gasteiger partial charge in [-0.05, 0) is 35.7 Å². The van der Waals surface area contributed by atoms with Crippen molar-refractivity contribution in [1.82, 2.24) is 10.6 Å². The summed E-state index contributed by atoms with van der Waals surface area (Å²) < 4.78 is 32.1. The highest BCUT2D eigenvalue weighted by atomic mass is 19.1. The van der Waals surface area contributed by atoms with E-state index in [9.17, 15) is 8.78 Å². The summed E-state index contributed by atoms with van der Waals surface area (Å²) in [5.74, 6) is 0.112. The van der Waals surface area contributed by atoms with E-state index < -0.39 is 0 Å². The van der Waals surface area contributed by atoms with E-state index in [0.717, 1.165) is 5.56 Å². The summed E-state index contributed by atoms with van der Waals surface area (Å²) in [4.78, 5) is 4.14. The Bertz CT molecular complexity index is 689. The maximum atomic E-state index is 13.6. The average molecular weight is 347 g/mol. The van der Waals surface area contributed by atoms with Crippen LogP contribution in [0.25, 0.3) is 0 Å². The normalized spacial score (nSPS) is 12.7. The number of nitrogens with one attached hydrogen (secondary N) is 2. The van der Waals surface area contributed by atoms with E-state index in [1.807, 2.05) is 6.07 Å². The molecule has 1 atom stereocenters. The maximum Gasteiger partial charge on any atom is 0.191 e. The number of nitrogens with zero attached hydrogens (tertiary/aromatic N) is 1. The molecule has 2 aromatic carbocycles. The molecule has 0 saturated heterocycles. The Kier molecular flexibility index (Phi) is 7.35. The van der Waals surface area contributed by atoms with Crippen LogP contribution in [0.15, 0.2) is 53.5 Å². The topological polar surface area (TPSA) is 45.7 Å². The molecule has 0 spiro atoms. The van der Waals surface area contributed by atoms with Gasteiger partial charge in [-0.25, -0.2) is 8.78 Å². The first-order chi connectivity index (χ1) is 12.1. The van der Waals surface area contributed by atoms with Gasteiger partial charge in [0.15, 0.2) is 5.96 Å². The molecular weight excluding hydrogens is 324 g/mol. The number of guanidine groups is 1. The molecule has 0 radical (unpaired) electrons. The monoisotopic (exact) mass is 347 g/mol. The van der Waals surface area contributed by atoms with Gasteiger partial charge in [-0.1, -0.05) is 30.3 Å². The summed E-state index contributed by atoms with van der Waals surface area (Å²) in [6.07, 6.45) is 0.324. The molecule has 0 saturated carbocycles. The van der Waals surface area contributed by atoms with Crippen LogP contribution in [-0.2, 0) is 11.2 Å². The molecular formula is C19H23F2N3O. The fourth-order valence-electron chi connectivity index (χ4n) is 2.44. The molecule has 4 nitrogen and oxygen atoms in total. The van der Waals surface area contributed by atoms with E-state index in [2.05, 4.69) is 15.6 Å². The van der Waals surface area contributed by atoms with Crippen LogP contribution in [0.1, 0.15) is 17.2 Å². The Balaban J connectivity index is 1.83. The maximum absolute atomic E-state index is 13.6. The highest BCUT2D eigenvalue weighted by Crippen LogP contribution is 2.16. The summed E-state index contributed by atoms with van der Waals surface area (Å²) in [6, 6.07) is 12.9. The first kappa shape index (κ1) is 18.9. The third-order valence-corrected chi connectivity index (χ3v) is 3.85. The second kappa shape index (κ2) is 9.74. The number of hydrogen-bond donors (Lipinski definition) is 2. The molecule has 2 N–H and O–H groups in total. The van der Waals surface area contributed by atoms with Crippen molar-refractivity contribution >= 4 is 5.96 Å². The lowest BCUT2D eigenvalue weighted by molar-refractivity contribution is 0.106. The minimum Gasteiger partial charge on any atom is -0.375 e. The van der Waals surface area contributed by atoms with Crippen LogP contribution >= 0.6 is 0 Å². The number of aliphatic imine (C=N–C) groups is 1. The lowest BCUT2D eigenvalue weighted by Gasteiger charge is -2.19. The van der Waals surface area contributed by atoms with Gasteiger partial charge in [0.25, 0.3) is 0 Å². The predicted octanol–water partition coefficient (Wildman–Crippen LogP) is 3.06. The van der Waals surface area contributed by atoms with Gasteiger partial charge in [0.05, 0.1) is 6.10 Å². The molecule has 0 bridgehead atoms. The first-order valence-electron chi connectivity index (χ1n) is 8.10. The van der Waals surface area contributed by atoms with Crippen molar-refractivity contribution in [2.24, 2.45) is 4.99 Å². The van der Waals surface area contributed by atoms with Crippen LogP contribution in [0.5, 0.6) is 0 Å². The minimum absolute atomic E-state index is 0.206. The van der Waals surface area contributed by atoms with Gasteiger partial charge in [0.2, 0.25) is 0 Å². The Morgan fingerprint density at radius 1 is 1.08 bits per heavy atom. The highest BCUT2D eigenvalue weighted by molar-refractivity contribution is 5.79. The zero-order chi connectivity index (χ0) is 18.1. The fraction of sp³-hybridized carbons (Fsp3) is 0.316. The Morgan fingerprint density at radius 2 is 1.80 bits per heavy atom. The van der Waals surface area contributed by atoms with Crippen LogP contribution in [0.3, 0.4) is 0 Å². The number of methoxy groups -OCH3 is 1. The van der Waals surface area contributed by atoms with Crippen molar-refractivity contribution in [3.05, 3.63) is 71.3 Å². The van der Waals surface area contributed by atoms with Crippen LogP contribution in [0, 0.1) is 11.6 Å². The third-order valence-electron chi connectivity index (χ3n) is 3.85. The largest absolute Gasteiger partial charge is 0.375 e. The van der Waals surface area contributed by atoms with Gasteiger partial charge in [-0.2, -0.15) is 0 Å². The first-order valence-corrected chi connectivity index (χ1v) is 8.10. The lowest BCUT2D eigenvalue weighted by atomic mass is 10.1. The molecule has 0 aliphatic rings. The van der Waals surface area contributed by atoms with E-state index in [-0.39, 0.29) is 17.7 Å². The number of rotatable bonds is 7. The second-order valence-electron chi connectivity index (χ2n) is 5.50. The van der Waals surface area contributed by atoms with Crippen molar-refractivity contribution in [1.29, 1.82) is 0 Å². The van der Waals surface area contributed by atoms with Crippen molar-refractivity contribution in [2.75, 3.05) is 27.2 Å². The molecule has 1 unspecified atom stereocenters. The Labute approximate surface area is 146 Å². The number of hydrogen-bond acceptors (Lipinski definition) is 2. The van der Waals surface area contributed by atoms with Crippen LogP contribution in [0.4, 0.5) is 8.78 Å². The van der Waals surface area contributed by atoms with Gasteiger partial charge in [-0.15, -0.1) is 0 Å². The summed E-state index contributed by atoms with van der Waals surface area (Å²) >= 11 is 0. The van der Waals surface area contributed by atoms with Crippen LogP contribution < -0.4 is 10.6 Å². The second-order valence-corrected chi connectivity index (χ2v) is 5.50. The van der Waals surface area contributed by atoms with E-state index >= 15 is 0 Å². The zero-order valence-corrected chi connectivity index (χ0v) is 14.4. The number of benzene rings is 2. The molecule has 134 valence electrons. The summed E-state index contributed by atoms with van der Waals surface area (Å²) in [6.45, 7) is 1.02. The quantitative estimate of drug-likeness (QED) is 0.598. The molecule has 0 aliphatic heterocycles. The predicted molar refractivity (Wildman–Crippen MR) is 95.6 cm³/mol. The molecule has 2 rings (SSSR count). The molecule has 0 amide bonds. The van der Waals surface area contributed by atoms with Gasteiger partial charge in [0.1, 0.15) is 11.6 Å². The van der Waals surface area contributed by atoms with E-state index in [4.69, 9.17) is 4.74 Å². The Morgan fingerprint density at radius 3 is 2.44 bits per heavy atom. The van der Waals surface area contributed by atoms with Crippen molar-refractivity contribution in [2.45, 2.75) is 12.5 Å². The van der Waals surface area contributed by atoms with Crippen LogP contribution in [0.2, 0.25) is 0 Å². The number of ether oxygens (including phenoxy) is 1. The standard InChI is InChI=1S/C19H23F2N3O/c1-22-19(23-12-11-14-5-3-4-6-17(14)21)24-13-18(25-2)15-7-9-16(20)10-8-15/h3-10,18H,11-13H2,1-2H3,(H2,22,23,24). The molecule has 0 heterocycles. The fourth-order valence-corrected chi connectivity index (χ4v) is 2.44. The highest BCUT2D eigenvalue weighted by Gasteiger charge is 2.11. The molecule has 0 aromatic heterocycles. The van der Waals surface area contributed by atoms with Crippen molar-refractivity contribution < 1.29 is 13.5 Å². The van der Waals surface area contributed by atoms with Gasteiger partial charge in [0, 0.05) is 27.2 Å². The smallest absolute Gasteiger partial charge is 0.191 e. The lowest BCUT2D eigenvalue weighted by Crippen LogP contribution is -2.40. The SMILES string of the molecule is CN=C(NCCc1ccccc1F)NCC(OC)c1ccc(F)cc1. The van der Waals surface area contributed by atoms with E-state index in [0.29, 0.717) is 31.0 Å². The average Bonchev–Trinajstić information content (AvgIpc) is 2.63. The summed E-state index contributed by atoms with van der Waals surface area (Å²) in [7, 11) is 3.27. The Hall–Kier alpha value is -2.47. The number of halogens is 2. The van der Waals surface area contributed by atoms with E-state index in [1.54, 1.807) is 38.4 Å². The van der Waals surface area contributed by atoms with Gasteiger partial charge < -0.3 is 15.4 Å². The molecule has 25 heavy (non-hydrogen) atoms. The van der Waals surface area contributed by atoms with Crippen LogP contribution in [-0.4, -0.2) is 33.2 Å². The third kappa shape index (κ3) is 5.83. The minimum atomic E-state index is -0.280. The zero-order valence-electron chi connectivity index (χ0n) is 14.4. The van der Waals surface area contributed by atoms with Crippen molar-refractivity contribution in [3.8, 4) is 0 Å².